The average Bonchev–Trinajstić information content (AvgIpc) is 3.13. The molecule has 0 aromatic heterocycles. The van der Waals surface area contributed by atoms with Crippen LogP contribution in [0.5, 0.6) is 0 Å². The van der Waals surface area contributed by atoms with Gasteiger partial charge in [-0.25, -0.2) is 0 Å². The van der Waals surface area contributed by atoms with Gasteiger partial charge in [0.05, 0.1) is 0 Å². The molecule has 4 rings (SSSR count). The highest BCUT2D eigenvalue weighted by atomic mass is 36.0. The Balaban J connectivity index is -0.000000114. The summed E-state index contributed by atoms with van der Waals surface area (Å²) in [7, 11) is 0.693. The monoisotopic (exact) mass is 840 g/mol. The van der Waals surface area contributed by atoms with E-state index in [0.29, 0.717) is 7.92 Å². The number of halogens is 3. The fourth-order valence-electron chi connectivity index (χ4n) is 2.56. The van der Waals surface area contributed by atoms with Crippen LogP contribution in [0.25, 0.3) is 0 Å². The quantitative estimate of drug-likeness (QED) is 0.188. The molecule has 0 aliphatic rings. The SMILES string of the molecule is CC.CC.CC.CC.CP(C)C.CP(C)c1ccccc1.CP(C)c1ccccc1.CP(C)c1ccccc1.O=P(Cl)(Cl)Cl.c1ccccc1. The summed E-state index contributed by atoms with van der Waals surface area (Å²) in [6, 6.07) is 43.9. The van der Waals surface area contributed by atoms with Gasteiger partial charge >= 0.3 is 5.20 Å². The Hall–Kier alpha value is -0.300. The predicted molar refractivity (Wildman–Crippen MR) is 256 cm³/mol. The van der Waals surface area contributed by atoms with E-state index in [1.165, 1.54) is 15.9 Å². The van der Waals surface area contributed by atoms with Crippen LogP contribution in [-0.2, 0) is 4.57 Å². The first-order valence-electron chi connectivity index (χ1n) is 17.1. The van der Waals surface area contributed by atoms with E-state index in [-0.39, 0.29) is 23.8 Å². The van der Waals surface area contributed by atoms with E-state index < -0.39 is 5.20 Å². The van der Waals surface area contributed by atoms with Crippen molar-refractivity contribution >= 4 is 86.5 Å². The minimum Gasteiger partial charge on any atom is -0.271 e. The van der Waals surface area contributed by atoms with E-state index in [9.17, 15) is 4.57 Å². The van der Waals surface area contributed by atoms with Crippen LogP contribution in [0.2, 0.25) is 0 Å². The van der Waals surface area contributed by atoms with Crippen LogP contribution >= 0.6 is 70.6 Å². The molecular weight excluding hydrogens is 770 g/mol. The molecule has 0 saturated heterocycles. The van der Waals surface area contributed by atoms with Crippen molar-refractivity contribution in [3.63, 3.8) is 0 Å². The summed E-state index contributed by atoms with van der Waals surface area (Å²) < 4.78 is 9.51. The molecule has 288 valence electrons. The maximum absolute atomic E-state index is 9.51. The van der Waals surface area contributed by atoms with Crippen molar-refractivity contribution in [1.29, 1.82) is 0 Å². The van der Waals surface area contributed by atoms with Gasteiger partial charge in [-0.3, -0.25) is 4.57 Å². The molecule has 0 aliphatic carbocycles. The molecule has 0 fully saturated rings. The molecule has 0 heterocycles. The standard InChI is InChI=1S/3C8H11P.C6H6.C3H9P.4C2H6.Cl3OP/c3*1-9(2)8-6-4-3-5-7-8;1-2-4-6-5-3-1;1-4(2)3;4*1-2;1-5(2,3)4/h3*3-7H,1-2H3;1-6H;1-3H3;4*1-2H3;. The van der Waals surface area contributed by atoms with Gasteiger partial charge in [0.25, 0.3) is 0 Å². The second-order valence-corrected chi connectivity index (χ2v) is 25.8. The van der Waals surface area contributed by atoms with Crippen LogP contribution in [0.1, 0.15) is 55.4 Å². The van der Waals surface area contributed by atoms with Gasteiger partial charge in [-0.2, -0.15) is 0 Å². The molecule has 0 bridgehead atoms. The highest BCUT2D eigenvalue weighted by Gasteiger charge is 2.03. The van der Waals surface area contributed by atoms with Crippen LogP contribution in [0.15, 0.2) is 127 Å². The molecule has 0 spiro atoms. The number of rotatable bonds is 3. The van der Waals surface area contributed by atoms with Crippen molar-refractivity contribution in [1.82, 2.24) is 0 Å². The lowest BCUT2D eigenvalue weighted by Crippen LogP contribution is -1.95. The summed E-state index contributed by atoms with van der Waals surface area (Å²) in [6.45, 7) is 36.3. The molecule has 0 N–H and O–H groups in total. The van der Waals surface area contributed by atoms with Crippen molar-refractivity contribution in [2.45, 2.75) is 55.4 Å². The zero-order valence-corrected chi connectivity index (χ0v) is 41.1. The summed E-state index contributed by atoms with van der Waals surface area (Å²) >= 11 is 13.8. The lowest BCUT2D eigenvalue weighted by molar-refractivity contribution is 0.600. The van der Waals surface area contributed by atoms with Gasteiger partial charge in [0.15, 0.2) is 0 Å². The Morgan fingerprint density at radius 1 is 0.340 bits per heavy atom. The minimum absolute atomic E-state index is 0.104. The topological polar surface area (TPSA) is 17.1 Å². The van der Waals surface area contributed by atoms with E-state index in [1.807, 2.05) is 91.8 Å². The average molecular weight is 842 g/mol. The molecule has 1 nitrogen and oxygen atoms in total. The molecule has 50 heavy (non-hydrogen) atoms. The highest BCUT2D eigenvalue weighted by molar-refractivity contribution is 8.24. The van der Waals surface area contributed by atoms with Crippen LogP contribution in [0.4, 0.5) is 0 Å². The Morgan fingerprint density at radius 2 is 0.440 bits per heavy atom. The van der Waals surface area contributed by atoms with Crippen molar-refractivity contribution in [3.05, 3.63) is 127 Å². The van der Waals surface area contributed by atoms with Crippen LogP contribution in [-0.4, -0.2) is 60.0 Å². The fraction of sp³-hybridized carbons (Fsp3) is 0.415. The lowest BCUT2D eigenvalue weighted by atomic mass is 10.4. The van der Waals surface area contributed by atoms with E-state index >= 15 is 0 Å². The zero-order valence-electron chi connectivity index (χ0n) is 34.4. The maximum Gasteiger partial charge on any atom is 0.339 e. The van der Waals surface area contributed by atoms with Gasteiger partial charge in [0.2, 0.25) is 0 Å². The molecule has 0 unspecified atom stereocenters. The molecule has 0 aliphatic heterocycles. The molecule has 9 heteroatoms. The van der Waals surface area contributed by atoms with E-state index in [1.54, 1.807) is 0 Å². The number of benzene rings is 4. The Labute approximate surface area is 331 Å². The molecular formula is C41H72Cl3OP5. The minimum atomic E-state index is -3.22. The zero-order chi connectivity index (χ0) is 40.4. The van der Waals surface area contributed by atoms with E-state index in [0.717, 1.165) is 0 Å². The summed E-state index contributed by atoms with van der Waals surface area (Å²) in [4.78, 5) is 0. The first-order valence-corrected chi connectivity index (χ1v) is 30.9. The first kappa shape index (κ1) is 61.7. The summed E-state index contributed by atoms with van der Waals surface area (Å²) in [5.41, 5.74) is 0. The van der Waals surface area contributed by atoms with Gasteiger partial charge in [0.1, 0.15) is 0 Å². The molecule has 4 aromatic rings. The molecule has 4 aromatic carbocycles. The summed E-state index contributed by atoms with van der Waals surface area (Å²) in [5, 5.41) is 1.22. The summed E-state index contributed by atoms with van der Waals surface area (Å²) in [5.74, 6) is 0. The second-order valence-electron chi connectivity index (χ2n) is 9.58. The fourth-order valence-corrected chi connectivity index (χ4v) is 4.87. The molecule has 0 atom stereocenters. The lowest BCUT2D eigenvalue weighted by Gasteiger charge is -2.02. The van der Waals surface area contributed by atoms with Gasteiger partial charge in [-0.05, 0) is 110 Å². The normalized spacial score (nSPS) is 8.80. The first-order chi connectivity index (χ1) is 23.6. The molecule has 0 amide bonds. The van der Waals surface area contributed by atoms with Gasteiger partial charge in [-0.1, -0.05) is 207 Å². The van der Waals surface area contributed by atoms with Crippen LogP contribution in [0.3, 0.4) is 0 Å². The van der Waals surface area contributed by atoms with Crippen molar-refractivity contribution in [2.24, 2.45) is 0 Å². The number of hydrogen-bond donors (Lipinski definition) is 0. The van der Waals surface area contributed by atoms with Crippen LogP contribution < -0.4 is 15.9 Å². The van der Waals surface area contributed by atoms with E-state index in [2.05, 4.69) is 185 Å². The second kappa shape index (κ2) is 48.7. The van der Waals surface area contributed by atoms with Gasteiger partial charge < -0.3 is 0 Å². The Morgan fingerprint density at radius 3 is 0.520 bits per heavy atom. The third-order valence-corrected chi connectivity index (χ3v) is 8.48. The largest absolute Gasteiger partial charge is 0.339 e. The summed E-state index contributed by atoms with van der Waals surface area (Å²) in [6.07, 6.45) is 0. The highest BCUT2D eigenvalue weighted by Crippen LogP contribution is 2.61. The van der Waals surface area contributed by atoms with Gasteiger partial charge in [0, 0.05) is 0 Å². The van der Waals surface area contributed by atoms with Crippen molar-refractivity contribution in [2.75, 3.05) is 60.0 Å². The van der Waals surface area contributed by atoms with Crippen molar-refractivity contribution < 1.29 is 4.57 Å². The van der Waals surface area contributed by atoms with Crippen LogP contribution in [0, 0.1) is 0 Å². The predicted octanol–water partition coefficient (Wildman–Crippen LogP) is 16.1. The third-order valence-electron chi connectivity index (χ3n) is 4.48. The Bertz CT molecular complexity index is 1000. The Kier molecular flexibility index (Phi) is 60.1. The molecule has 0 radical (unpaired) electrons. The van der Waals surface area contributed by atoms with Crippen molar-refractivity contribution in [3.8, 4) is 0 Å². The van der Waals surface area contributed by atoms with E-state index in [4.69, 9.17) is 0 Å². The smallest absolute Gasteiger partial charge is 0.271 e. The maximum atomic E-state index is 9.51. The third kappa shape index (κ3) is 59.8. The number of hydrogen-bond acceptors (Lipinski definition) is 1. The molecule has 0 saturated carbocycles. The van der Waals surface area contributed by atoms with Gasteiger partial charge in [-0.15, -0.1) is 7.92 Å².